The number of nitrogens with zero attached hydrogens (tertiary/aromatic N) is 3. The summed E-state index contributed by atoms with van der Waals surface area (Å²) in [5, 5.41) is 9.82. The lowest BCUT2D eigenvalue weighted by Crippen LogP contribution is -2.38. The number of amides is 1. The van der Waals surface area contributed by atoms with E-state index in [0.29, 0.717) is 17.0 Å². The molecule has 1 aromatic carbocycles. The summed E-state index contributed by atoms with van der Waals surface area (Å²) in [6.45, 7) is 1.53. The minimum absolute atomic E-state index is 0.0669. The number of anilines is 1. The molecule has 4 rings (SSSR count). The lowest BCUT2D eigenvalue weighted by Gasteiger charge is -2.29. The number of fused-ring (bicyclic) bond motifs is 2. The molecule has 3 aromatic rings. The molecule has 0 saturated carbocycles. The molecule has 0 atom stereocenters. The molecule has 1 aliphatic rings. The minimum atomic E-state index is -0.587. The summed E-state index contributed by atoms with van der Waals surface area (Å²) in [6.07, 6.45) is 0. The second-order valence-corrected chi connectivity index (χ2v) is 6.98. The van der Waals surface area contributed by atoms with E-state index < -0.39 is 12.4 Å². The van der Waals surface area contributed by atoms with Crippen LogP contribution in [0.1, 0.15) is 21.1 Å². The number of pyridine rings is 1. The quantitative estimate of drug-likeness (QED) is 0.708. The van der Waals surface area contributed by atoms with Crippen molar-refractivity contribution in [2.24, 2.45) is 0 Å². The fourth-order valence-corrected chi connectivity index (χ4v) is 3.77. The first kappa shape index (κ1) is 16.6. The molecular formula is C18H15N3O4S. The van der Waals surface area contributed by atoms with Crippen molar-refractivity contribution in [3.05, 3.63) is 46.6 Å². The van der Waals surface area contributed by atoms with Gasteiger partial charge in [0.15, 0.2) is 12.4 Å². The summed E-state index contributed by atoms with van der Waals surface area (Å²) >= 11 is 1.43. The van der Waals surface area contributed by atoms with Crippen LogP contribution in [-0.2, 0) is 11.3 Å². The Bertz CT molecular complexity index is 1030. The molecule has 0 bridgehead atoms. The summed E-state index contributed by atoms with van der Waals surface area (Å²) in [5.74, 6) is -0.103. The third-order valence-corrected chi connectivity index (χ3v) is 5.05. The number of carbonyl (C=O) groups is 2. The lowest BCUT2D eigenvalue weighted by molar-refractivity contribution is -0.121. The van der Waals surface area contributed by atoms with Crippen molar-refractivity contribution >= 4 is 39.1 Å². The Balaban J connectivity index is 1.71. The van der Waals surface area contributed by atoms with Crippen LogP contribution in [0.25, 0.3) is 10.3 Å². The number of aliphatic hydroxyl groups excluding tert-OH is 1. The van der Waals surface area contributed by atoms with Gasteiger partial charge in [-0.15, -0.1) is 0 Å². The molecule has 0 radical (unpaired) electrons. The second kappa shape index (κ2) is 6.47. The molecule has 132 valence electrons. The Morgan fingerprint density at radius 3 is 2.96 bits per heavy atom. The molecule has 8 heteroatoms. The van der Waals surface area contributed by atoms with E-state index in [1.807, 2.05) is 19.1 Å². The third kappa shape index (κ3) is 2.93. The molecule has 3 heterocycles. The molecule has 1 amide bonds. The smallest absolute Gasteiger partial charge is 0.265 e. The number of ether oxygens (including phenoxy) is 1. The normalized spacial score (nSPS) is 13.6. The van der Waals surface area contributed by atoms with Gasteiger partial charge >= 0.3 is 0 Å². The highest BCUT2D eigenvalue weighted by Crippen LogP contribution is 2.35. The average molecular weight is 369 g/mol. The number of carbonyl (C=O) groups excluding carboxylic acids is 2. The Hall–Kier alpha value is -2.84. The number of ketones is 1. The maximum Gasteiger partial charge on any atom is 0.265 e. The highest BCUT2D eigenvalue weighted by molar-refractivity contribution is 7.18. The van der Waals surface area contributed by atoms with Gasteiger partial charge in [-0.2, -0.15) is 0 Å². The largest absolute Gasteiger partial charge is 0.482 e. The van der Waals surface area contributed by atoms with Crippen LogP contribution in [0, 0.1) is 6.92 Å². The zero-order chi connectivity index (χ0) is 18.3. The van der Waals surface area contributed by atoms with Gasteiger partial charge in [-0.25, -0.2) is 9.97 Å². The van der Waals surface area contributed by atoms with Gasteiger partial charge in [0.1, 0.15) is 27.7 Å². The second-order valence-electron chi connectivity index (χ2n) is 5.92. The summed E-state index contributed by atoms with van der Waals surface area (Å²) in [4.78, 5) is 35.6. The van der Waals surface area contributed by atoms with Gasteiger partial charge in [-0.3, -0.25) is 14.5 Å². The van der Waals surface area contributed by atoms with Crippen molar-refractivity contribution in [2.75, 3.05) is 18.1 Å². The molecule has 0 unspecified atom stereocenters. The van der Waals surface area contributed by atoms with E-state index in [1.165, 1.54) is 11.3 Å². The van der Waals surface area contributed by atoms with Crippen LogP contribution in [0.2, 0.25) is 0 Å². The van der Waals surface area contributed by atoms with Crippen LogP contribution < -0.4 is 9.64 Å². The number of rotatable bonds is 4. The zero-order valence-electron chi connectivity index (χ0n) is 13.9. The maximum atomic E-state index is 12.4. The maximum absolute atomic E-state index is 12.4. The fraction of sp³-hybridized carbons (Fsp3) is 0.222. The van der Waals surface area contributed by atoms with Crippen LogP contribution in [-0.4, -0.2) is 40.0 Å². The highest BCUT2D eigenvalue weighted by atomic mass is 32.1. The van der Waals surface area contributed by atoms with Crippen LogP contribution in [0.15, 0.2) is 30.3 Å². The molecule has 0 saturated heterocycles. The number of thiazole rings is 1. The number of hydrogen-bond donors (Lipinski definition) is 1. The van der Waals surface area contributed by atoms with Gasteiger partial charge in [0.05, 0.1) is 12.2 Å². The summed E-state index contributed by atoms with van der Waals surface area (Å²) < 4.78 is 5.45. The fourth-order valence-electron chi connectivity index (χ4n) is 2.80. The van der Waals surface area contributed by atoms with Gasteiger partial charge in [0.2, 0.25) is 0 Å². The molecule has 0 spiro atoms. The molecule has 2 aromatic heterocycles. The van der Waals surface area contributed by atoms with Crippen LogP contribution in [0.3, 0.4) is 0 Å². The Morgan fingerprint density at radius 2 is 2.15 bits per heavy atom. The highest BCUT2D eigenvalue weighted by Gasteiger charge is 2.27. The molecular weight excluding hydrogens is 354 g/mol. The van der Waals surface area contributed by atoms with E-state index in [2.05, 4.69) is 9.97 Å². The first-order chi connectivity index (χ1) is 12.5. The number of aromatic nitrogens is 2. The summed E-state index contributed by atoms with van der Waals surface area (Å²) in [5.41, 5.74) is 2.54. The third-order valence-electron chi connectivity index (χ3n) is 4.10. The summed E-state index contributed by atoms with van der Waals surface area (Å²) in [7, 11) is 0. The molecule has 1 aliphatic heterocycles. The van der Waals surface area contributed by atoms with Crippen molar-refractivity contribution in [3.63, 3.8) is 0 Å². The van der Waals surface area contributed by atoms with E-state index >= 15 is 0 Å². The van der Waals surface area contributed by atoms with Gasteiger partial charge in [-0.05, 0) is 37.3 Å². The number of aliphatic hydroxyl groups is 1. The topological polar surface area (TPSA) is 92.6 Å². The van der Waals surface area contributed by atoms with Crippen molar-refractivity contribution in [3.8, 4) is 5.75 Å². The van der Waals surface area contributed by atoms with E-state index in [4.69, 9.17) is 9.84 Å². The molecule has 1 N–H and O–H groups in total. The lowest BCUT2D eigenvalue weighted by atomic mass is 10.1. The first-order valence-electron chi connectivity index (χ1n) is 7.99. The minimum Gasteiger partial charge on any atom is -0.482 e. The van der Waals surface area contributed by atoms with Crippen molar-refractivity contribution in [1.29, 1.82) is 0 Å². The van der Waals surface area contributed by atoms with E-state index in [1.54, 1.807) is 23.1 Å². The number of aryl methyl sites for hydroxylation is 1. The van der Waals surface area contributed by atoms with Crippen molar-refractivity contribution in [2.45, 2.75) is 13.5 Å². The molecule has 26 heavy (non-hydrogen) atoms. The number of hydrogen-bond acceptors (Lipinski definition) is 7. The summed E-state index contributed by atoms with van der Waals surface area (Å²) in [6, 6.07) is 8.59. The van der Waals surface area contributed by atoms with E-state index in [9.17, 15) is 9.59 Å². The van der Waals surface area contributed by atoms with Crippen molar-refractivity contribution < 1.29 is 19.4 Å². The Labute approximate surface area is 152 Å². The van der Waals surface area contributed by atoms with Gasteiger partial charge < -0.3 is 9.84 Å². The first-order valence-corrected chi connectivity index (χ1v) is 8.81. The van der Waals surface area contributed by atoms with E-state index in [0.717, 1.165) is 21.0 Å². The SMILES string of the molecule is Cc1ccc2nc(CN3C(=O)COc4ccc(C(=O)CO)cc43)sc2n1. The van der Waals surface area contributed by atoms with Crippen LogP contribution >= 0.6 is 11.3 Å². The van der Waals surface area contributed by atoms with Crippen LogP contribution in [0.5, 0.6) is 5.75 Å². The van der Waals surface area contributed by atoms with Gasteiger partial charge in [0, 0.05) is 11.3 Å². The van der Waals surface area contributed by atoms with Gasteiger partial charge in [0.25, 0.3) is 5.91 Å². The Kier molecular flexibility index (Phi) is 4.14. The van der Waals surface area contributed by atoms with Crippen LogP contribution in [0.4, 0.5) is 5.69 Å². The molecule has 7 nitrogen and oxygen atoms in total. The number of benzene rings is 1. The standard InChI is InChI=1S/C18H15N3O4S/c1-10-2-4-12-18(19-10)26-16(20-12)7-21-13-6-11(14(23)8-22)3-5-15(13)25-9-17(21)24/h2-6,22H,7-9H2,1H3. The predicted octanol–water partition coefficient (Wildman–Crippen LogP) is 2.10. The number of Topliss-reactive ketones (excluding diaryl/α,β-unsaturated/α-hetero) is 1. The van der Waals surface area contributed by atoms with E-state index in [-0.39, 0.29) is 19.1 Å². The van der Waals surface area contributed by atoms with Crippen molar-refractivity contribution in [1.82, 2.24) is 9.97 Å². The zero-order valence-corrected chi connectivity index (χ0v) is 14.7. The predicted molar refractivity (Wildman–Crippen MR) is 96.7 cm³/mol. The average Bonchev–Trinajstić information content (AvgIpc) is 3.04. The molecule has 0 aliphatic carbocycles. The monoisotopic (exact) mass is 369 g/mol. The van der Waals surface area contributed by atoms with Gasteiger partial charge in [-0.1, -0.05) is 11.3 Å². The Morgan fingerprint density at radius 1 is 1.31 bits per heavy atom. The molecule has 0 fully saturated rings.